The maximum absolute atomic E-state index is 11.8. The third-order valence-corrected chi connectivity index (χ3v) is 3.60. The smallest absolute Gasteiger partial charge is 0.283 e. The van der Waals surface area contributed by atoms with Crippen molar-refractivity contribution >= 4 is 21.9 Å². The van der Waals surface area contributed by atoms with Gasteiger partial charge in [0, 0.05) is 19.4 Å². The zero-order chi connectivity index (χ0) is 14.7. The summed E-state index contributed by atoms with van der Waals surface area (Å²) in [6, 6.07) is 0. The molecule has 0 bridgehead atoms. The van der Waals surface area contributed by atoms with Crippen LogP contribution in [-0.2, 0) is 23.9 Å². The number of carbonyl (C=O) groups is 2. The van der Waals surface area contributed by atoms with Crippen LogP contribution in [0.5, 0.6) is 0 Å². The number of halogens is 3. The Kier molecular flexibility index (Phi) is 4.91. The zero-order valence-corrected chi connectivity index (χ0v) is 10.6. The first kappa shape index (κ1) is 15.9. The van der Waals surface area contributed by atoms with E-state index in [1.807, 2.05) is 0 Å². The van der Waals surface area contributed by atoms with Crippen LogP contribution >= 0.6 is 0 Å². The SMILES string of the molecule is O=C1CCC(=O)N1CCCS(=O)(=O)OCC(F)(F)F. The number of nitrogens with zero attached hydrogens (tertiary/aromatic N) is 1. The number of alkyl halides is 3. The highest BCUT2D eigenvalue weighted by Gasteiger charge is 2.32. The van der Waals surface area contributed by atoms with Gasteiger partial charge in [0.1, 0.15) is 0 Å². The minimum Gasteiger partial charge on any atom is -0.283 e. The monoisotopic (exact) mass is 303 g/mol. The summed E-state index contributed by atoms with van der Waals surface area (Å²) in [5, 5.41) is 0. The van der Waals surface area contributed by atoms with Gasteiger partial charge in [-0.25, -0.2) is 0 Å². The van der Waals surface area contributed by atoms with E-state index in [0.29, 0.717) is 0 Å². The second-order valence-corrected chi connectivity index (χ2v) is 5.69. The quantitative estimate of drug-likeness (QED) is 0.525. The van der Waals surface area contributed by atoms with E-state index in [2.05, 4.69) is 4.18 Å². The first-order chi connectivity index (χ1) is 8.61. The molecule has 1 aliphatic heterocycles. The molecule has 1 rings (SSSR count). The lowest BCUT2D eigenvalue weighted by Gasteiger charge is -2.13. The highest BCUT2D eigenvalue weighted by Crippen LogP contribution is 2.16. The van der Waals surface area contributed by atoms with Gasteiger partial charge in [0.15, 0.2) is 6.61 Å². The van der Waals surface area contributed by atoms with Crippen LogP contribution in [-0.4, -0.2) is 50.2 Å². The van der Waals surface area contributed by atoms with Crippen LogP contribution < -0.4 is 0 Å². The van der Waals surface area contributed by atoms with Crippen LogP contribution in [0.25, 0.3) is 0 Å². The van der Waals surface area contributed by atoms with Gasteiger partial charge in [0.25, 0.3) is 10.1 Å². The van der Waals surface area contributed by atoms with Gasteiger partial charge in [0.2, 0.25) is 11.8 Å². The average Bonchev–Trinajstić information content (AvgIpc) is 2.57. The number of amides is 2. The van der Waals surface area contributed by atoms with Gasteiger partial charge in [-0.3, -0.25) is 18.7 Å². The van der Waals surface area contributed by atoms with Crippen LogP contribution in [0.15, 0.2) is 0 Å². The molecule has 0 aromatic heterocycles. The van der Waals surface area contributed by atoms with Gasteiger partial charge < -0.3 is 0 Å². The first-order valence-electron chi connectivity index (χ1n) is 5.38. The summed E-state index contributed by atoms with van der Waals surface area (Å²) < 4.78 is 61.3. The third kappa shape index (κ3) is 5.55. The molecule has 1 saturated heterocycles. The second kappa shape index (κ2) is 5.87. The normalized spacial score (nSPS) is 17.3. The molecule has 0 atom stereocenters. The number of rotatable bonds is 6. The van der Waals surface area contributed by atoms with E-state index in [1.165, 1.54) is 0 Å². The molecule has 1 fully saturated rings. The number of hydrogen-bond donors (Lipinski definition) is 0. The Morgan fingerprint density at radius 2 is 1.68 bits per heavy atom. The lowest BCUT2D eigenvalue weighted by atomic mass is 10.4. The number of likely N-dealkylation sites (tertiary alicyclic amines) is 1. The minimum absolute atomic E-state index is 0.0795. The fourth-order valence-electron chi connectivity index (χ4n) is 1.49. The Labute approximate surface area is 107 Å². The van der Waals surface area contributed by atoms with Gasteiger partial charge in [-0.05, 0) is 6.42 Å². The second-order valence-electron chi connectivity index (χ2n) is 3.93. The van der Waals surface area contributed by atoms with Crippen molar-refractivity contribution in [3.63, 3.8) is 0 Å². The molecule has 0 spiro atoms. The summed E-state index contributed by atoms with van der Waals surface area (Å²) in [6.45, 7) is -2.01. The fraction of sp³-hybridized carbons (Fsp3) is 0.778. The Morgan fingerprint density at radius 1 is 1.16 bits per heavy atom. The van der Waals surface area contributed by atoms with Crippen molar-refractivity contribution in [3.8, 4) is 0 Å². The molecule has 110 valence electrons. The maximum Gasteiger partial charge on any atom is 0.413 e. The van der Waals surface area contributed by atoms with Gasteiger partial charge in [0.05, 0.1) is 5.75 Å². The summed E-state index contributed by atoms with van der Waals surface area (Å²) in [5.41, 5.74) is 0. The molecule has 0 unspecified atom stereocenters. The molecule has 1 aliphatic rings. The molecule has 2 amide bonds. The maximum atomic E-state index is 11.8. The summed E-state index contributed by atoms with van der Waals surface area (Å²) in [5.74, 6) is -1.49. The summed E-state index contributed by atoms with van der Waals surface area (Å²) in [7, 11) is -4.31. The highest BCUT2D eigenvalue weighted by atomic mass is 32.2. The van der Waals surface area contributed by atoms with Crippen molar-refractivity contribution in [2.45, 2.75) is 25.4 Å². The van der Waals surface area contributed by atoms with Crippen LogP contribution in [0.2, 0.25) is 0 Å². The molecular weight excluding hydrogens is 291 g/mol. The molecule has 19 heavy (non-hydrogen) atoms. The lowest BCUT2D eigenvalue weighted by Crippen LogP contribution is -2.31. The van der Waals surface area contributed by atoms with E-state index in [9.17, 15) is 31.2 Å². The topological polar surface area (TPSA) is 80.8 Å². The van der Waals surface area contributed by atoms with E-state index in [0.717, 1.165) is 4.90 Å². The Morgan fingerprint density at radius 3 is 2.16 bits per heavy atom. The van der Waals surface area contributed by atoms with E-state index < -0.39 is 40.5 Å². The lowest BCUT2D eigenvalue weighted by molar-refractivity contribution is -0.152. The van der Waals surface area contributed by atoms with Crippen molar-refractivity contribution in [2.24, 2.45) is 0 Å². The molecule has 0 aromatic rings. The summed E-state index contributed by atoms with van der Waals surface area (Å²) >= 11 is 0. The highest BCUT2D eigenvalue weighted by molar-refractivity contribution is 7.86. The number of imide groups is 1. The molecule has 0 radical (unpaired) electrons. The van der Waals surface area contributed by atoms with E-state index in [1.54, 1.807) is 0 Å². The van der Waals surface area contributed by atoms with Gasteiger partial charge in [-0.2, -0.15) is 21.6 Å². The molecule has 0 saturated carbocycles. The standard InChI is InChI=1S/C9H12F3NO5S/c10-9(11,12)6-18-19(16,17)5-1-4-13-7(14)2-3-8(13)15/h1-6H2. The Balaban J connectivity index is 2.36. The van der Waals surface area contributed by atoms with Gasteiger partial charge in [-0.15, -0.1) is 0 Å². The molecular formula is C9H12F3NO5S. The molecule has 0 aliphatic carbocycles. The summed E-state index contributed by atoms with van der Waals surface area (Å²) in [4.78, 5) is 23.2. The molecule has 1 heterocycles. The fourth-order valence-corrected chi connectivity index (χ4v) is 2.40. The van der Waals surface area contributed by atoms with Crippen LogP contribution in [0.3, 0.4) is 0 Å². The van der Waals surface area contributed by atoms with Crippen molar-refractivity contribution in [2.75, 3.05) is 18.9 Å². The van der Waals surface area contributed by atoms with Gasteiger partial charge in [-0.1, -0.05) is 0 Å². The molecule has 0 N–H and O–H groups in total. The predicted octanol–water partition coefficient (Wildman–Crippen LogP) is 0.434. The zero-order valence-electron chi connectivity index (χ0n) is 9.77. The molecule has 0 aromatic carbocycles. The minimum atomic E-state index is -4.73. The van der Waals surface area contributed by atoms with E-state index >= 15 is 0 Å². The Bertz CT molecular complexity index is 443. The van der Waals surface area contributed by atoms with Crippen LogP contribution in [0.1, 0.15) is 19.3 Å². The van der Waals surface area contributed by atoms with Crippen LogP contribution in [0.4, 0.5) is 13.2 Å². The largest absolute Gasteiger partial charge is 0.413 e. The third-order valence-electron chi connectivity index (χ3n) is 2.33. The first-order valence-corrected chi connectivity index (χ1v) is 6.95. The molecule has 6 nitrogen and oxygen atoms in total. The van der Waals surface area contributed by atoms with Crippen molar-refractivity contribution in [1.82, 2.24) is 4.90 Å². The predicted molar refractivity (Wildman–Crippen MR) is 56.4 cm³/mol. The summed E-state index contributed by atoms with van der Waals surface area (Å²) in [6.07, 6.45) is -4.72. The van der Waals surface area contributed by atoms with Crippen molar-refractivity contribution in [3.05, 3.63) is 0 Å². The number of carbonyl (C=O) groups excluding carboxylic acids is 2. The van der Waals surface area contributed by atoms with Crippen molar-refractivity contribution in [1.29, 1.82) is 0 Å². The van der Waals surface area contributed by atoms with Crippen LogP contribution in [0, 0.1) is 0 Å². The van der Waals surface area contributed by atoms with Crippen molar-refractivity contribution < 1.29 is 35.4 Å². The van der Waals surface area contributed by atoms with E-state index in [-0.39, 0.29) is 25.8 Å². The Hall–Kier alpha value is -1.16. The average molecular weight is 303 g/mol. The van der Waals surface area contributed by atoms with Gasteiger partial charge >= 0.3 is 6.18 Å². The molecule has 10 heteroatoms. The van der Waals surface area contributed by atoms with E-state index in [4.69, 9.17) is 0 Å². The number of hydrogen-bond acceptors (Lipinski definition) is 5.